The van der Waals surface area contributed by atoms with Crippen molar-refractivity contribution in [1.29, 1.82) is 0 Å². The summed E-state index contributed by atoms with van der Waals surface area (Å²) in [5.74, 6) is 1.68. The minimum atomic E-state index is -2.17. The van der Waals surface area contributed by atoms with Gasteiger partial charge >= 0.3 is 17.2 Å². The monoisotopic (exact) mass is 605 g/mol. The summed E-state index contributed by atoms with van der Waals surface area (Å²) >= 11 is 0. The molecule has 0 atom stereocenters. The van der Waals surface area contributed by atoms with Crippen molar-refractivity contribution in [2.24, 2.45) is 0 Å². The van der Waals surface area contributed by atoms with E-state index in [9.17, 15) is 10.1 Å². The molecule has 15 heteroatoms. The highest BCUT2D eigenvalue weighted by Gasteiger charge is 2.25. The molecule has 0 N–H and O–H groups in total. The summed E-state index contributed by atoms with van der Waals surface area (Å²) < 4.78 is 35.8. The predicted octanol–water partition coefficient (Wildman–Crippen LogP) is 6.84. The molecule has 4 heterocycles. The summed E-state index contributed by atoms with van der Waals surface area (Å²) in [5.41, 5.74) is 0.238. The Balaban J connectivity index is 1.39. The van der Waals surface area contributed by atoms with Crippen LogP contribution in [0.3, 0.4) is 0 Å². The number of rotatable bonds is 14. The zero-order chi connectivity index (χ0) is 29.0. The number of pyridine rings is 4. The van der Waals surface area contributed by atoms with Crippen LogP contribution in [0.5, 0.6) is 28.7 Å². The first-order valence-corrected chi connectivity index (χ1v) is 14.3. The summed E-state index contributed by atoms with van der Waals surface area (Å²) in [7, 11) is -4.19. The van der Waals surface area contributed by atoms with E-state index in [2.05, 4.69) is 19.9 Å². The Morgan fingerprint density at radius 3 is 1.48 bits per heavy atom. The lowest BCUT2D eigenvalue weighted by atomic mass is 10.2. The Bertz CT molecular complexity index is 1480. The average Bonchev–Trinajstić information content (AvgIpc) is 3.02. The van der Waals surface area contributed by atoms with Crippen molar-refractivity contribution in [3.8, 4) is 28.7 Å². The van der Waals surface area contributed by atoms with Crippen LogP contribution in [-0.4, -0.2) is 24.9 Å². The molecule has 212 valence electrons. The van der Waals surface area contributed by atoms with Gasteiger partial charge in [0.15, 0.2) is 0 Å². The number of nitrogens with zero attached hydrogens (tertiary/aromatic N) is 5. The van der Waals surface area contributed by atoms with Crippen molar-refractivity contribution in [1.82, 2.24) is 19.9 Å². The summed E-state index contributed by atoms with van der Waals surface area (Å²) in [6, 6.07) is 17.7. The van der Waals surface area contributed by atoms with E-state index in [1.807, 2.05) is 0 Å². The van der Waals surface area contributed by atoms with Gasteiger partial charge in [0.05, 0.1) is 42.4 Å². The van der Waals surface area contributed by atoms with Gasteiger partial charge < -0.3 is 22.6 Å². The maximum Gasteiger partial charge on any atom is 0.530 e. The topological polar surface area (TPSA) is 150 Å². The highest BCUT2D eigenvalue weighted by atomic mass is 31.2. The number of hydrogen-bond donors (Lipinski definition) is 0. The van der Waals surface area contributed by atoms with Crippen molar-refractivity contribution in [2.75, 3.05) is 0 Å². The van der Waals surface area contributed by atoms with E-state index in [-0.39, 0.29) is 18.0 Å². The summed E-state index contributed by atoms with van der Waals surface area (Å²) in [6.07, 6.45) is 12.4. The molecule has 0 aliphatic carbocycles. The van der Waals surface area contributed by atoms with E-state index in [0.29, 0.717) is 28.6 Å². The van der Waals surface area contributed by atoms with Crippen LogP contribution >= 0.6 is 17.2 Å². The largest absolute Gasteiger partial charge is 0.530 e. The Morgan fingerprint density at radius 2 is 1.07 bits per heavy atom. The molecule has 0 amide bonds. The fraction of sp³-hybridized carbons (Fsp3) is 0.0370. The third kappa shape index (κ3) is 8.52. The van der Waals surface area contributed by atoms with Crippen LogP contribution < -0.4 is 22.6 Å². The van der Waals surface area contributed by atoms with E-state index in [1.165, 1.54) is 43.0 Å². The van der Waals surface area contributed by atoms with E-state index in [0.717, 1.165) is 0 Å². The molecule has 5 rings (SSSR count). The molecule has 42 heavy (non-hydrogen) atoms. The molecule has 0 bridgehead atoms. The van der Waals surface area contributed by atoms with Gasteiger partial charge in [0.2, 0.25) is 0 Å². The normalized spacial score (nSPS) is 10.7. The van der Waals surface area contributed by atoms with Gasteiger partial charge in [-0.15, -0.1) is 0 Å². The molecule has 0 saturated heterocycles. The highest BCUT2D eigenvalue weighted by molar-refractivity contribution is 7.43. The van der Waals surface area contributed by atoms with E-state index < -0.39 is 22.1 Å². The van der Waals surface area contributed by atoms with Gasteiger partial charge in [0, 0.05) is 36.4 Å². The molecule has 13 nitrogen and oxygen atoms in total. The fourth-order valence-corrected chi connectivity index (χ4v) is 5.09. The van der Waals surface area contributed by atoms with Crippen LogP contribution in [0.25, 0.3) is 0 Å². The predicted molar refractivity (Wildman–Crippen MR) is 152 cm³/mol. The lowest BCUT2D eigenvalue weighted by Gasteiger charge is -2.20. The van der Waals surface area contributed by atoms with Gasteiger partial charge in [-0.25, -0.2) is 0 Å². The molecule has 1 aromatic carbocycles. The minimum Gasteiger partial charge on any atom is -0.416 e. The van der Waals surface area contributed by atoms with Gasteiger partial charge in [-0.05, 0) is 54.6 Å². The smallest absolute Gasteiger partial charge is 0.416 e. The Morgan fingerprint density at radius 1 is 0.619 bits per heavy atom. The molecule has 0 unspecified atom stereocenters. The first kappa shape index (κ1) is 28.6. The number of hydrogen-bond acceptors (Lipinski definition) is 12. The van der Waals surface area contributed by atoms with Crippen LogP contribution in [-0.2, 0) is 11.1 Å². The van der Waals surface area contributed by atoms with Crippen molar-refractivity contribution in [3.05, 3.63) is 132 Å². The van der Waals surface area contributed by atoms with Crippen molar-refractivity contribution in [3.63, 3.8) is 0 Å². The van der Waals surface area contributed by atoms with Crippen molar-refractivity contribution < 1.29 is 32.1 Å². The second-order valence-electron chi connectivity index (χ2n) is 7.98. The third-order valence-electron chi connectivity index (χ3n) is 5.02. The number of nitro groups is 1. The van der Waals surface area contributed by atoms with Gasteiger partial charge in [-0.2, -0.15) is 0 Å². The summed E-state index contributed by atoms with van der Waals surface area (Å²) in [4.78, 5) is 27.2. The fourth-order valence-electron chi connectivity index (χ4n) is 3.14. The molecule has 0 aliphatic heterocycles. The van der Waals surface area contributed by atoms with Gasteiger partial charge in [0.25, 0.3) is 5.69 Å². The SMILES string of the molecule is O=[N+]([O-])c1ccc(COP(Oc2cccnc2)Oc2cccnc2)c(OP(Oc2cccnc2)Oc2cccnc2)c1. The molecule has 0 radical (unpaired) electrons. The number of non-ortho nitro benzene ring substituents is 1. The quantitative estimate of drug-likeness (QED) is 0.0740. The molecular weight excluding hydrogens is 584 g/mol. The maximum atomic E-state index is 11.6. The third-order valence-corrected chi connectivity index (χ3v) is 7.14. The number of nitro benzene ring substituents is 1. The molecule has 0 fully saturated rings. The van der Waals surface area contributed by atoms with Crippen LogP contribution in [0.2, 0.25) is 0 Å². The number of benzene rings is 1. The maximum absolute atomic E-state index is 11.6. The zero-order valence-electron chi connectivity index (χ0n) is 21.6. The van der Waals surface area contributed by atoms with E-state index in [1.54, 1.807) is 73.3 Å². The average molecular weight is 605 g/mol. The van der Waals surface area contributed by atoms with E-state index in [4.69, 9.17) is 27.1 Å². The Kier molecular flexibility index (Phi) is 9.93. The highest BCUT2D eigenvalue weighted by Crippen LogP contribution is 2.46. The lowest BCUT2D eigenvalue weighted by Crippen LogP contribution is -2.06. The van der Waals surface area contributed by atoms with Crippen LogP contribution in [0, 0.1) is 10.1 Å². The lowest BCUT2D eigenvalue weighted by molar-refractivity contribution is -0.384. The van der Waals surface area contributed by atoms with E-state index >= 15 is 0 Å². The van der Waals surface area contributed by atoms with Crippen molar-refractivity contribution >= 4 is 22.9 Å². The standard InChI is InChI=1S/C27H21N5O8P2/c33-32(34)22-10-9-21(20-35-41(36-23-5-1-11-28-16-23)37-24-6-2-12-29-17-24)27(15-22)40-42(38-25-7-3-13-30-18-25)39-26-8-4-14-31-19-26/h1-19H,20H2. The molecular formula is C27H21N5O8P2. The Hall–Kier alpha value is -4.96. The van der Waals surface area contributed by atoms with Crippen LogP contribution in [0.15, 0.2) is 116 Å². The van der Waals surface area contributed by atoms with Crippen LogP contribution in [0.1, 0.15) is 5.56 Å². The zero-order valence-corrected chi connectivity index (χ0v) is 23.4. The van der Waals surface area contributed by atoms with Gasteiger partial charge in [0.1, 0.15) is 28.7 Å². The summed E-state index contributed by atoms with van der Waals surface area (Å²) in [5, 5.41) is 11.6. The molecule has 5 aromatic rings. The molecule has 0 spiro atoms. The first-order chi connectivity index (χ1) is 20.6. The van der Waals surface area contributed by atoms with Gasteiger partial charge in [-0.3, -0.25) is 34.6 Å². The summed E-state index contributed by atoms with van der Waals surface area (Å²) in [6.45, 7) is -0.109. The second kappa shape index (κ2) is 14.6. The molecule has 0 saturated carbocycles. The second-order valence-corrected chi connectivity index (χ2v) is 10.0. The van der Waals surface area contributed by atoms with Crippen molar-refractivity contribution in [2.45, 2.75) is 6.61 Å². The van der Waals surface area contributed by atoms with Crippen LogP contribution in [0.4, 0.5) is 5.69 Å². The molecule has 4 aromatic heterocycles. The minimum absolute atomic E-state index is 0.0980. The van der Waals surface area contributed by atoms with Gasteiger partial charge in [-0.1, -0.05) is 0 Å². The number of aromatic nitrogens is 4. The Labute approximate surface area is 242 Å². The molecule has 0 aliphatic rings. The first-order valence-electron chi connectivity index (χ1n) is 12.1.